The van der Waals surface area contributed by atoms with Crippen molar-refractivity contribution in [3.8, 4) is 0 Å². The molecule has 21 heavy (non-hydrogen) atoms. The fourth-order valence-corrected chi connectivity index (χ4v) is 2.32. The molecule has 0 saturated carbocycles. The minimum atomic E-state index is -0.519. The van der Waals surface area contributed by atoms with Crippen LogP contribution in [-0.4, -0.2) is 32.6 Å². The lowest BCUT2D eigenvalue weighted by Crippen LogP contribution is -2.38. The number of hydrogen-bond donors (Lipinski definition) is 1. The van der Waals surface area contributed by atoms with E-state index in [9.17, 15) is 9.59 Å². The van der Waals surface area contributed by atoms with Gasteiger partial charge < -0.3 is 4.57 Å². The molecule has 0 radical (unpaired) electrons. The number of nitrogens with zero attached hydrogens (tertiary/aromatic N) is 4. The van der Waals surface area contributed by atoms with Crippen molar-refractivity contribution in [1.82, 2.24) is 20.1 Å². The number of aromatic nitrogens is 3. The molecule has 0 spiro atoms. The van der Waals surface area contributed by atoms with Crippen molar-refractivity contribution in [3.63, 3.8) is 0 Å². The summed E-state index contributed by atoms with van der Waals surface area (Å²) in [5, 5.41) is 10.8. The highest BCUT2D eigenvalue weighted by Crippen LogP contribution is 2.22. The zero-order valence-corrected chi connectivity index (χ0v) is 11.6. The van der Waals surface area contributed by atoms with Gasteiger partial charge >= 0.3 is 0 Å². The Morgan fingerprint density at radius 2 is 2.05 bits per heavy atom. The van der Waals surface area contributed by atoms with E-state index in [1.54, 1.807) is 35.2 Å². The van der Waals surface area contributed by atoms with Crippen LogP contribution in [0.4, 0.5) is 5.69 Å². The quantitative estimate of drug-likeness (QED) is 0.814. The monoisotopic (exact) mass is 285 g/mol. The maximum Gasteiger partial charge on any atom is 0.251 e. The van der Waals surface area contributed by atoms with E-state index in [1.165, 1.54) is 4.90 Å². The van der Waals surface area contributed by atoms with E-state index in [0.717, 1.165) is 0 Å². The Bertz CT molecular complexity index is 667. The number of imide groups is 1. The molecule has 108 valence electrons. The van der Waals surface area contributed by atoms with Crippen LogP contribution >= 0.6 is 0 Å². The third-order valence-electron chi connectivity index (χ3n) is 3.47. The van der Waals surface area contributed by atoms with Gasteiger partial charge in [0.1, 0.15) is 12.2 Å². The summed E-state index contributed by atoms with van der Waals surface area (Å²) >= 11 is 0. The molecule has 1 N–H and O–H groups in total. The van der Waals surface area contributed by atoms with Crippen molar-refractivity contribution < 1.29 is 9.59 Å². The number of carbonyl (C=O) groups is 2. The molecule has 1 aromatic carbocycles. The summed E-state index contributed by atoms with van der Waals surface area (Å²) in [7, 11) is 1.83. The molecular formula is C14H15N5O2. The maximum absolute atomic E-state index is 12.4. The van der Waals surface area contributed by atoms with Crippen LogP contribution in [0.1, 0.15) is 12.2 Å². The second-order valence-corrected chi connectivity index (χ2v) is 4.90. The smallest absolute Gasteiger partial charge is 0.251 e. The van der Waals surface area contributed by atoms with Crippen LogP contribution in [-0.2, 0) is 23.2 Å². The zero-order valence-electron chi connectivity index (χ0n) is 11.6. The van der Waals surface area contributed by atoms with Gasteiger partial charge in [0, 0.05) is 7.05 Å². The number of carbonyl (C=O) groups excluding carboxylic acids is 2. The molecule has 2 heterocycles. The lowest BCUT2D eigenvalue weighted by Gasteiger charge is -2.15. The third-order valence-corrected chi connectivity index (χ3v) is 3.47. The normalized spacial score (nSPS) is 18.5. The van der Waals surface area contributed by atoms with Gasteiger partial charge in [-0.1, -0.05) is 18.2 Å². The van der Waals surface area contributed by atoms with Gasteiger partial charge in [-0.05, 0) is 12.1 Å². The standard InChI is InChI=1S/C14H15N5O2/c1-18-9-16-17-12(18)8-15-11-7-13(20)19(14(11)21)10-5-3-2-4-6-10/h2-6,9,11,15H,7-8H2,1H3. The van der Waals surface area contributed by atoms with Gasteiger partial charge in [-0.2, -0.15) is 0 Å². The van der Waals surface area contributed by atoms with E-state index in [-0.39, 0.29) is 18.2 Å². The molecule has 1 atom stereocenters. The number of aryl methyl sites for hydroxylation is 1. The Kier molecular flexibility index (Phi) is 3.49. The predicted octanol–water partition coefficient (Wildman–Crippen LogP) is 0.237. The summed E-state index contributed by atoms with van der Waals surface area (Å²) in [6.45, 7) is 0.392. The lowest BCUT2D eigenvalue weighted by atomic mass is 10.2. The van der Waals surface area contributed by atoms with Crippen molar-refractivity contribution in [2.24, 2.45) is 7.05 Å². The van der Waals surface area contributed by atoms with Gasteiger partial charge in [-0.3, -0.25) is 14.9 Å². The largest absolute Gasteiger partial charge is 0.320 e. The fraction of sp³-hybridized carbons (Fsp3) is 0.286. The van der Waals surface area contributed by atoms with Crippen LogP contribution in [0.3, 0.4) is 0 Å². The number of hydrogen-bond acceptors (Lipinski definition) is 5. The molecule has 1 unspecified atom stereocenters. The number of amides is 2. The predicted molar refractivity (Wildman–Crippen MR) is 75.2 cm³/mol. The summed E-state index contributed by atoms with van der Waals surface area (Å²) in [6, 6.07) is 8.43. The SMILES string of the molecule is Cn1cnnc1CNC1CC(=O)N(c2ccccc2)C1=O. The molecule has 0 aliphatic carbocycles. The second-order valence-electron chi connectivity index (χ2n) is 4.90. The van der Waals surface area contributed by atoms with Crippen LogP contribution in [0.15, 0.2) is 36.7 Å². The van der Waals surface area contributed by atoms with Gasteiger partial charge in [0.2, 0.25) is 5.91 Å². The Hall–Kier alpha value is -2.54. The van der Waals surface area contributed by atoms with Crippen molar-refractivity contribution in [3.05, 3.63) is 42.5 Å². The zero-order chi connectivity index (χ0) is 14.8. The lowest BCUT2D eigenvalue weighted by molar-refractivity contribution is -0.121. The molecule has 0 bridgehead atoms. The molecule has 1 aliphatic heterocycles. The molecule has 1 aliphatic rings. The van der Waals surface area contributed by atoms with Crippen molar-refractivity contribution in [1.29, 1.82) is 0 Å². The first-order valence-electron chi connectivity index (χ1n) is 6.65. The fourth-order valence-electron chi connectivity index (χ4n) is 2.32. The summed E-state index contributed by atoms with van der Waals surface area (Å²) < 4.78 is 1.77. The van der Waals surface area contributed by atoms with Crippen LogP contribution in [0.5, 0.6) is 0 Å². The van der Waals surface area contributed by atoms with Gasteiger partial charge in [0.05, 0.1) is 24.7 Å². The molecule has 2 aromatic rings. The molecule has 7 heteroatoms. The molecule has 1 fully saturated rings. The number of anilines is 1. The van der Waals surface area contributed by atoms with Crippen molar-refractivity contribution in [2.75, 3.05) is 4.90 Å². The highest BCUT2D eigenvalue weighted by atomic mass is 16.2. The minimum absolute atomic E-state index is 0.158. The highest BCUT2D eigenvalue weighted by Gasteiger charge is 2.39. The summed E-state index contributed by atoms with van der Waals surface area (Å²) in [5.74, 6) is 0.295. The first kappa shape index (κ1) is 13.4. The average molecular weight is 285 g/mol. The average Bonchev–Trinajstić information content (AvgIpc) is 3.01. The number of rotatable bonds is 4. The summed E-state index contributed by atoms with van der Waals surface area (Å²) in [6.07, 6.45) is 1.75. The van der Waals surface area contributed by atoms with Crippen LogP contribution < -0.4 is 10.2 Å². The van der Waals surface area contributed by atoms with E-state index in [2.05, 4.69) is 15.5 Å². The minimum Gasteiger partial charge on any atom is -0.320 e. The van der Waals surface area contributed by atoms with Gasteiger partial charge in [-0.25, -0.2) is 4.90 Å². The van der Waals surface area contributed by atoms with Gasteiger partial charge in [-0.15, -0.1) is 10.2 Å². The Morgan fingerprint density at radius 1 is 1.29 bits per heavy atom. The van der Waals surface area contributed by atoms with Crippen LogP contribution in [0, 0.1) is 0 Å². The second kappa shape index (κ2) is 5.45. The van der Waals surface area contributed by atoms with Gasteiger partial charge in [0.25, 0.3) is 5.91 Å². The van der Waals surface area contributed by atoms with E-state index >= 15 is 0 Å². The van der Waals surface area contributed by atoms with Crippen molar-refractivity contribution in [2.45, 2.75) is 19.0 Å². The Morgan fingerprint density at radius 3 is 2.71 bits per heavy atom. The molecule has 7 nitrogen and oxygen atoms in total. The van der Waals surface area contributed by atoms with E-state index < -0.39 is 6.04 Å². The highest BCUT2D eigenvalue weighted by molar-refractivity contribution is 6.22. The van der Waals surface area contributed by atoms with Crippen LogP contribution in [0.25, 0.3) is 0 Å². The Labute approximate surface area is 121 Å². The van der Waals surface area contributed by atoms with Gasteiger partial charge in [0.15, 0.2) is 0 Å². The molecule has 1 saturated heterocycles. The maximum atomic E-state index is 12.4. The van der Waals surface area contributed by atoms with E-state index in [1.807, 2.05) is 13.1 Å². The van der Waals surface area contributed by atoms with Crippen molar-refractivity contribution >= 4 is 17.5 Å². The Balaban J connectivity index is 1.71. The molecule has 3 rings (SSSR count). The first-order chi connectivity index (χ1) is 10.2. The van der Waals surface area contributed by atoms with Crippen LogP contribution in [0.2, 0.25) is 0 Å². The summed E-state index contributed by atoms with van der Waals surface area (Å²) in [4.78, 5) is 25.6. The number of nitrogens with one attached hydrogen (secondary N) is 1. The third kappa shape index (κ3) is 2.55. The topological polar surface area (TPSA) is 80.1 Å². The molecule has 2 amide bonds. The molecule has 1 aromatic heterocycles. The molecular weight excluding hydrogens is 270 g/mol. The number of benzene rings is 1. The first-order valence-corrected chi connectivity index (χ1v) is 6.65. The number of para-hydroxylation sites is 1. The van der Waals surface area contributed by atoms with E-state index in [0.29, 0.717) is 18.1 Å². The van der Waals surface area contributed by atoms with E-state index in [4.69, 9.17) is 0 Å². The summed E-state index contributed by atoms with van der Waals surface area (Å²) in [5.41, 5.74) is 0.607.